The van der Waals surface area contributed by atoms with E-state index in [9.17, 15) is 17.6 Å². The van der Waals surface area contributed by atoms with Crippen LogP contribution in [0.5, 0.6) is 0 Å². The molecule has 1 aromatic rings. The number of hydrogen-bond donors (Lipinski definition) is 2. The fraction of sp³-hybridized carbons (Fsp3) is 0.417. The van der Waals surface area contributed by atoms with Gasteiger partial charge in [0.15, 0.2) is 0 Å². The first-order valence-corrected chi connectivity index (χ1v) is 8.40. The normalized spacial score (nSPS) is 11.4. The van der Waals surface area contributed by atoms with Crippen LogP contribution in [-0.2, 0) is 14.8 Å². The topological polar surface area (TPSA) is 98.5 Å². The van der Waals surface area contributed by atoms with Gasteiger partial charge < -0.3 is 10.1 Å². The van der Waals surface area contributed by atoms with Crippen molar-refractivity contribution in [3.05, 3.63) is 28.0 Å². The summed E-state index contributed by atoms with van der Waals surface area (Å²) in [4.78, 5) is 11.5. The van der Waals surface area contributed by atoms with Crippen molar-refractivity contribution in [3.8, 4) is 0 Å². The molecule has 0 saturated carbocycles. The number of rotatable bonds is 7. The van der Waals surface area contributed by atoms with E-state index in [1.54, 1.807) is 7.11 Å². The molecule has 0 saturated heterocycles. The molecular weight excluding hydrogens is 367 g/mol. The van der Waals surface area contributed by atoms with Crippen molar-refractivity contribution in [2.75, 3.05) is 20.3 Å². The minimum atomic E-state index is -4.05. The zero-order valence-electron chi connectivity index (χ0n) is 11.4. The van der Waals surface area contributed by atoms with Crippen LogP contribution < -0.4 is 10.5 Å². The lowest BCUT2D eigenvalue weighted by Gasteiger charge is -2.09. The highest BCUT2D eigenvalue weighted by molar-refractivity contribution is 9.10. The molecule has 0 aromatic heterocycles. The Bertz CT molecular complexity index is 622. The molecule has 0 aliphatic rings. The summed E-state index contributed by atoms with van der Waals surface area (Å²) in [6.07, 6.45) is 1.42. The summed E-state index contributed by atoms with van der Waals surface area (Å²) in [7, 11) is -2.47. The Labute approximate surface area is 131 Å². The molecule has 6 nitrogen and oxygen atoms in total. The van der Waals surface area contributed by atoms with E-state index in [1.807, 2.05) is 0 Å². The number of carbonyl (C=O) groups excluding carboxylic acids is 1. The molecule has 0 fully saturated rings. The van der Waals surface area contributed by atoms with Crippen LogP contribution in [-0.4, -0.2) is 34.6 Å². The molecule has 0 radical (unpaired) electrons. The number of unbranched alkanes of at least 4 members (excludes halogenated alkanes) is 1. The molecule has 0 bridgehead atoms. The van der Waals surface area contributed by atoms with Crippen molar-refractivity contribution in [1.82, 2.24) is 5.32 Å². The summed E-state index contributed by atoms with van der Waals surface area (Å²) in [6, 6.07) is 1.82. The van der Waals surface area contributed by atoms with E-state index in [0.717, 1.165) is 18.6 Å². The molecule has 3 N–H and O–H groups in total. The maximum Gasteiger partial charge on any atom is 0.254 e. The number of benzene rings is 1. The lowest BCUT2D eigenvalue weighted by molar-refractivity contribution is 0.0947. The van der Waals surface area contributed by atoms with Gasteiger partial charge in [0.05, 0.1) is 10.5 Å². The van der Waals surface area contributed by atoms with Crippen LogP contribution in [0, 0.1) is 5.82 Å². The molecule has 1 aromatic carbocycles. The maximum absolute atomic E-state index is 13.8. The fourth-order valence-corrected chi connectivity index (χ4v) is 3.19. The zero-order valence-corrected chi connectivity index (χ0v) is 13.8. The standard InChI is InChI=1S/C12H16BrFN2O4S/c1-20-5-3-2-4-16-12(17)8-6-11(21(15,18)19)9(13)7-10(8)14/h6-7H,2-5H2,1H3,(H,16,17)(H2,15,18,19). The summed E-state index contributed by atoms with van der Waals surface area (Å²) in [5, 5.41) is 7.52. The lowest BCUT2D eigenvalue weighted by atomic mass is 10.2. The third kappa shape index (κ3) is 5.34. The minimum Gasteiger partial charge on any atom is -0.385 e. The predicted octanol–water partition coefficient (Wildman–Crippen LogP) is 1.39. The van der Waals surface area contributed by atoms with Crippen molar-refractivity contribution in [2.45, 2.75) is 17.7 Å². The van der Waals surface area contributed by atoms with Crippen molar-refractivity contribution in [1.29, 1.82) is 0 Å². The molecule has 118 valence electrons. The first-order valence-electron chi connectivity index (χ1n) is 6.06. The molecule has 0 aliphatic carbocycles. The average molecular weight is 383 g/mol. The minimum absolute atomic E-state index is 0.0286. The highest BCUT2D eigenvalue weighted by atomic mass is 79.9. The van der Waals surface area contributed by atoms with E-state index in [2.05, 4.69) is 21.2 Å². The van der Waals surface area contributed by atoms with E-state index in [-0.39, 0.29) is 14.9 Å². The van der Waals surface area contributed by atoms with Gasteiger partial charge in [-0.3, -0.25) is 4.79 Å². The number of methoxy groups -OCH3 is 1. The Hall–Kier alpha value is -1.03. The van der Waals surface area contributed by atoms with Gasteiger partial charge in [-0.15, -0.1) is 0 Å². The largest absolute Gasteiger partial charge is 0.385 e. The van der Waals surface area contributed by atoms with Gasteiger partial charge in [-0.25, -0.2) is 17.9 Å². The van der Waals surface area contributed by atoms with Gasteiger partial charge in [-0.1, -0.05) is 0 Å². The maximum atomic E-state index is 13.8. The third-order valence-electron chi connectivity index (χ3n) is 2.63. The Morgan fingerprint density at radius 3 is 2.67 bits per heavy atom. The molecule has 0 spiro atoms. The van der Waals surface area contributed by atoms with Crippen LogP contribution in [0.1, 0.15) is 23.2 Å². The number of ether oxygens (including phenoxy) is 1. The molecule has 9 heteroatoms. The summed E-state index contributed by atoms with van der Waals surface area (Å²) in [5.74, 6) is -1.52. The number of primary sulfonamides is 1. The zero-order chi connectivity index (χ0) is 16.0. The number of hydrogen-bond acceptors (Lipinski definition) is 4. The lowest BCUT2D eigenvalue weighted by Crippen LogP contribution is -2.26. The molecule has 21 heavy (non-hydrogen) atoms. The molecule has 0 aliphatic heterocycles. The second kappa shape index (κ2) is 7.83. The summed E-state index contributed by atoms with van der Waals surface area (Å²) < 4.78 is 41.3. The Morgan fingerprint density at radius 1 is 1.43 bits per heavy atom. The number of halogens is 2. The first-order chi connectivity index (χ1) is 9.77. The van der Waals surface area contributed by atoms with Gasteiger partial charge in [0.1, 0.15) is 5.82 Å². The number of sulfonamides is 1. The van der Waals surface area contributed by atoms with Gasteiger partial charge in [-0.2, -0.15) is 0 Å². The second-order valence-electron chi connectivity index (χ2n) is 4.26. The Balaban J connectivity index is 2.85. The van der Waals surface area contributed by atoms with Gasteiger partial charge >= 0.3 is 0 Å². The van der Waals surface area contributed by atoms with Crippen molar-refractivity contribution in [3.63, 3.8) is 0 Å². The molecule has 0 atom stereocenters. The van der Waals surface area contributed by atoms with E-state index in [1.165, 1.54) is 0 Å². The second-order valence-corrected chi connectivity index (χ2v) is 6.65. The number of amides is 1. The van der Waals surface area contributed by atoms with Crippen LogP contribution in [0.15, 0.2) is 21.5 Å². The molecule has 1 amide bonds. The third-order valence-corrected chi connectivity index (χ3v) is 4.50. The highest BCUT2D eigenvalue weighted by Gasteiger charge is 2.20. The van der Waals surface area contributed by atoms with E-state index >= 15 is 0 Å². The number of nitrogens with one attached hydrogen (secondary N) is 1. The Morgan fingerprint density at radius 2 is 2.10 bits per heavy atom. The van der Waals surface area contributed by atoms with E-state index < -0.39 is 21.7 Å². The molecule has 1 rings (SSSR count). The van der Waals surface area contributed by atoms with Crippen LogP contribution in [0.2, 0.25) is 0 Å². The van der Waals surface area contributed by atoms with Gasteiger partial charge in [0, 0.05) is 24.7 Å². The van der Waals surface area contributed by atoms with Crippen LogP contribution in [0.3, 0.4) is 0 Å². The van der Waals surface area contributed by atoms with Crippen LogP contribution >= 0.6 is 15.9 Å². The number of nitrogens with two attached hydrogens (primary N) is 1. The summed E-state index contributed by atoms with van der Waals surface area (Å²) in [6.45, 7) is 0.903. The van der Waals surface area contributed by atoms with Crippen LogP contribution in [0.4, 0.5) is 4.39 Å². The van der Waals surface area contributed by atoms with Crippen molar-refractivity contribution < 1.29 is 22.3 Å². The van der Waals surface area contributed by atoms with Gasteiger partial charge in [-0.05, 0) is 40.9 Å². The van der Waals surface area contributed by atoms with Crippen molar-refractivity contribution >= 4 is 31.9 Å². The van der Waals surface area contributed by atoms with Gasteiger partial charge in [0.25, 0.3) is 5.91 Å². The number of carbonyl (C=O) groups is 1. The predicted molar refractivity (Wildman–Crippen MR) is 78.9 cm³/mol. The summed E-state index contributed by atoms with van der Waals surface area (Å²) >= 11 is 2.90. The Kier molecular flexibility index (Phi) is 6.72. The molecule has 0 heterocycles. The quantitative estimate of drug-likeness (QED) is 0.696. The van der Waals surface area contributed by atoms with E-state index in [4.69, 9.17) is 9.88 Å². The monoisotopic (exact) mass is 382 g/mol. The fourth-order valence-electron chi connectivity index (χ4n) is 1.59. The van der Waals surface area contributed by atoms with E-state index in [0.29, 0.717) is 19.6 Å². The highest BCUT2D eigenvalue weighted by Crippen LogP contribution is 2.24. The van der Waals surface area contributed by atoms with Crippen molar-refractivity contribution in [2.24, 2.45) is 5.14 Å². The average Bonchev–Trinajstić information content (AvgIpc) is 2.36. The molecular formula is C12H16BrFN2O4S. The van der Waals surface area contributed by atoms with Crippen LogP contribution in [0.25, 0.3) is 0 Å². The SMILES string of the molecule is COCCCCNC(=O)c1cc(S(N)(=O)=O)c(Br)cc1F. The first kappa shape index (κ1) is 18.0. The summed E-state index contributed by atoms with van der Waals surface area (Å²) in [5.41, 5.74) is -0.367. The smallest absolute Gasteiger partial charge is 0.254 e. The van der Waals surface area contributed by atoms with Gasteiger partial charge in [0.2, 0.25) is 10.0 Å². The molecule has 0 unspecified atom stereocenters.